The minimum absolute atomic E-state index is 0. The number of aryl methyl sites for hydroxylation is 2. The van der Waals surface area contributed by atoms with E-state index in [9.17, 15) is 4.79 Å². The maximum Gasteiger partial charge on any atom is 0.230 e. The van der Waals surface area contributed by atoms with Crippen LogP contribution in [0.3, 0.4) is 0 Å². The molecule has 0 heterocycles. The van der Waals surface area contributed by atoms with E-state index in [1.165, 1.54) is 16.7 Å². The Morgan fingerprint density at radius 3 is 2.17 bits per heavy atom. The Kier molecular flexibility index (Phi) is 5.74. The van der Waals surface area contributed by atoms with Crippen molar-refractivity contribution in [1.29, 1.82) is 0 Å². The lowest BCUT2D eigenvalue weighted by atomic mass is 9.85. The molecule has 3 rings (SSSR count). The van der Waals surface area contributed by atoms with E-state index in [0.29, 0.717) is 12.0 Å². The summed E-state index contributed by atoms with van der Waals surface area (Å²) in [6, 6.07) is 6.89. The fraction of sp³-hybridized carbons (Fsp3) is 0.632. The van der Waals surface area contributed by atoms with Gasteiger partial charge in [0.1, 0.15) is 0 Å². The fourth-order valence-electron chi connectivity index (χ4n) is 3.89. The summed E-state index contributed by atoms with van der Waals surface area (Å²) in [5.74, 6) is 0.899. The van der Waals surface area contributed by atoms with E-state index in [0.717, 1.165) is 45.1 Å². The van der Waals surface area contributed by atoms with Crippen LogP contribution in [-0.4, -0.2) is 18.5 Å². The molecule has 0 unspecified atom stereocenters. The Morgan fingerprint density at radius 1 is 1.13 bits per heavy atom. The number of carbonyl (C=O) groups excluding carboxylic acids is 1. The molecule has 0 saturated heterocycles. The molecule has 2 aliphatic rings. The first kappa shape index (κ1) is 18.3. The fourth-order valence-corrected chi connectivity index (χ4v) is 3.89. The molecule has 0 radical (unpaired) electrons. The second kappa shape index (κ2) is 7.23. The van der Waals surface area contributed by atoms with E-state index in [2.05, 4.69) is 37.4 Å². The summed E-state index contributed by atoms with van der Waals surface area (Å²) in [5.41, 5.74) is 9.20. The average Bonchev–Trinajstić information content (AvgIpc) is 3.29. The first-order valence-corrected chi connectivity index (χ1v) is 8.63. The highest BCUT2D eigenvalue weighted by Crippen LogP contribution is 2.49. The molecule has 1 aromatic carbocycles. The number of halogens is 1. The van der Waals surface area contributed by atoms with Crippen molar-refractivity contribution < 1.29 is 4.79 Å². The topological polar surface area (TPSA) is 55.1 Å². The van der Waals surface area contributed by atoms with Crippen LogP contribution in [0, 0.1) is 19.8 Å². The van der Waals surface area contributed by atoms with Crippen LogP contribution in [0.4, 0.5) is 0 Å². The monoisotopic (exact) mass is 336 g/mol. The maximum atomic E-state index is 12.8. The molecule has 23 heavy (non-hydrogen) atoms. The summed E-state index contributed by atoms with van der Waals surface area (Å²) in [4.78, 5) is 12.8. The number of nitrogens with one attached hydrogen (secondary N) is 1. The summed E-state index contributed by atoms with van der Waals surface area (Å²) in [6.45, 7) is 5.00. The molecule has 1 aromatic rings. The zero-order valence-electron chi connectivity index (χ0n) is 14.2. The molecule has 0 aromatic heterocycles. The van der Waals surface area contributed by atoms with E-state index in [1.54, 1.807) is 0 Å². The van der Waals surface area contributed by atoms with Gasteiger partial charge in [-0.05, 0) is 70.4 Å². The summed E-state index contributed by atoms with van der Waals surface area (Å²) < 4.78 is 0. The third-order valence-electron chi connectivity index (χ3n) is 5.47. The lowest BCUT2D eigenvalue weighted by molar-refractivity contribution is -0.124. The smallest absolute Gasteiger partial charge is 0.230 e. The largest absolute Gasteiger partial charge is 0.353 e. The molecule has 2 saturated carbocycles. The second-order valence-electron chi connectivity index (χ2n) is 7.39. The van der Waals surface area contributed by atoms with Crippen LogP contribution in [0.1, 0.15) is 55.2 Å². The molecule has 0 spiro atoms. The van der Waals surface area contributed by atoms with Crippen molar-refractivity contribution in [2.75, 3.05) is 6.54 Å². The molecule has 4 heteroatoms. The van der Waals surface area contributed by atoms with Gasteiger partial charge in [0.15, 0.2) is 0 Å². The number of carbonyl (C=O) groups is 1. The Labute approximate surface area is 145 Å². The van der Waals surface area contributed by atoms with Crippen LogP contribution in [0.25, 0.3) is 0 Å². The number of nitrogens with two attached hydrogens (primary N) is 1. The summed E-state index contributed by atoms with van der Waals surface area (Å²) in [6.07, 6.45) is 6.43. The van der Waals surface area contributed by atoms with Crippen molar-refractivity contribution in [1.82, 2.24) is 5.32 Å². The minimum atomic E-state index is -0.249. The minimum Gasteiger partial charge on any atom is -0.353 e. The van der Waals surface area contributed by atoms with Gasteiger partial charge < -0.3 is 11.1 Å². The predicted molar refractivity (Wildman–Crippen MR) is 97.0 cm³/mol. The Hall–Kier alpha value is -1.06. The van der Waals surface area contributed by atoms with Crippen molar-refractivity contribution in [2.24, 2.45) is 11.7 Å². The molecule has 128 valence electrons. The quantitative estimate of drug-likeness (QED) is 0.885. The van der Waals surface area contributed by atoms with Crippen LogP contribution >= 0.6 is 12.4 Å². The highest BCUT2D eigenvalue weighted by molar-refractivity contribution is 5.91. The summed E-state index contributed by atoms with van der Waals surface area (Å²) in [5, 5.41) is 3.32. The molecular weight excluding hydrogens is 308 g/mol. The molecule has 0 bridgehead atoms. The van der Waals surface area contributed by atoms with Gasteiger partial charge >= 0.3 is 0 Å². The summed E-state index contributed by atoms with van der Waals surface area (Å²) in [7, 11) is 0. The van der Waals surface area contributed by atoms with Crippen LogP contribution in [0.15, 0.2) is 18.2 Å². The zero-order valence-corrected chi connectivity index (χ0v) is 15.0. The predicted octanol–water partition coefficient (Wildman–Crippen LogP) is 3.39. The van der Waals surface area contributed by atoms with Gasteiger partial charge in [0.05, 0.1) is 5.41 Å². The van der Waals surface area contributed by atoms with Gasteiger partial charge in [-0.1, -0.05) is 29.3 Å². The number of benzene rings is 1. The third kappa shape index (κ3) is 3.89. The number of hydrogen-bond acceptors (Lipinski definition) is 2. The third-order valence-corrected chi connectivity index (χ3v) is 5.47. The van der Waals surface area contributed by atoms with Gasteiger partial charge in [0.25, 0.3) is 0 Å². The Bertz CT molecular complexity index is 540. The van der Waals surface area contributed by atoms with Crippen LogP contribution in [-0.2, 0) is 10.2 Å². The second-order valence-corrected chi connectivity index (χ2v) is 7.39. The Balaban J connectivity index is 0.00000192. The average molecular weight is 337 g/mol. The van der Waals surface area contributed by atoms with Crippen LogP contribution < -0.4 is 11.1 Å². The number of hydrogen-bond donors (Lipinski definition) is 2. The van der Waals surface area contributed by atoms with Gasteiger partial charge in [-0.3, -0.25) is 4.79 Å². The standard InChI is InChI=1S/C19H28N2O.ClH/c1-13-9-14(2)11-16(10-13)19(7-8-19)18(22)21-17-5-3-15(12-20)4-6-17;/h9-11,15,17H,3-8,12,20H2,1-2H3,(H,21,22);1H. The van der Waals surface area contributed by atoms with E-state index >= 15 is 0 Å². The van der Waals surface area contributed by atoms with Gasteiger partial charge in [-0.15, -0.1) is 12.4 Å². The van der Waals surface area contributed by atoms with Crippen molar-refractivity contribution in [3.05, 3.63) is 34.9 Å². The zero-order chi connectivity index (χ0) is 15.7. The van der Waals surface area contributed by atoms with Gasteiger partial charge in [0, 0.05) is 6.04 Å². The SMILES string of the molecule is Cc1cc(C)cc(C2(C(=O)NC3CCC(CN)CC3)CC2)c1.Cl. The molecule has 3 nitrogen and oxygen atoms in total. The first-order valence-electron chi connectivity index (χ1n) is 8.63. The maximum absolute atomic E-state index is 12.8. The van der Waals surface area contributed by atoms with E-state index < -0.39 is 0 Å². The van der Waals surface area contributed by atoms with Crippen molar-refractivity contribution in [2.45, 2.75) is 63.8 Å². The highest BCUT2D eigenvalue weighted by atomic mass is 35.5. The molecular formula is C19H29ClN2O. The highest BCUT2D eigenvalue weighted by Gasteiger charge is 2.51. The molecule has 3 N–H and O–H groups in total. The molecule has 1 amide bonds. The van der Waals surface area contributed by atoms with Gasteiger partial charge in [0.2, 0.25) is 5.91 Å². The van der Waals surface area contributed by atoms with Crippen LogP contribution in [0.2, 0.25) is 0 Å². The van der Waals surface area contributed by atoms with Crippen LogP contribution in [0.5, 0.6) is 0 Å². The summed E-state index contributed by atoms with van der Waals surface area (Å²) >= 11 is 0. The molecule has 2 aliphatic carbocycles. The molecule has 0 atom stereocenters. The number of amides is 1. The number of rotatable bonds is 4. The lowest BCUT2D eigenvalue weighted by Gasteiger charge is -2.30. The van der Waals surface area contributed by atoms with Crippen molar-refractivity contribution in [3.8, 4) is 0 Å². The molecule has 2 fully saturated rings. The Morgan fingerprint density at radius 2 is 1.70 bits per heavy atom. The first-order chi connectivity index (χ1) is 10.5. The van der Waals surface area contributed by atoms with E-state index in [-0.39, 0.29) is 23.7 Å². The van der Waals surface area contributed by atoms with Gasteiger partial charge in [-0.2, -0.15) is 0 Å². The van der Waals surface area contributed by atoms with E-state index in [4.69, 9.17) is 5.73 Å². The molecule has 0 aliphatic heterocycles. The van der Waals surface area contributed by atoms with Crippen molar-refractivity contribution in [3.63, 3.8) is 0 Å². The van der Waals surface area contributed by atoms with Gasteiger partial charge in [-0.25, -0.2) is 0 Å². The normalized spacial score (nSPS) is 25.3. The van der Waals surface area contributed by atoms with Crippen molar-refractivity contribution >= 4 is 18.3 Å². The lowest BCUT2D eigenvalue weighted by Crippen LogP contribution is -2.43. The van der Waals surface area contributed by atoms with E-state index in [1.807, 2.05) is 0 Å².